The number of hydrogen-bond acceptors (Lipinski definition) is 7. The van der Waals surface area contributed by atoms with Crippen LogP contribution in [0.2, 0.25) is 0 Å². The fourth-order valence-corrected chi connectivity index (χ4v) is 4.51. The van der Waals surface area contributed by atoms with Gasteiger partial charge in [-0.2, -0.15) is 0 Å². The van der Waals surface area contributed by atoms with Gasteiger partial charge in [0.25, 0.3) is 0 Å². The van der Waals surface area contributed by atoms with Gasteiger partial charge in [0.05, 0.1) is 19.8 Å². The largest absolute Gasteiger partial charge is 0.461 e. The van der Waals surface area contributed by atoms with E-state index in [0.717, 1.165) is 53.3 Å². The summed E-state index contributed by atoms with van der Waals surface area (Å²) in [6.45, 7) is 9.13. The maximum Gasteiger partial charge on any atom is 0.357 e. The Bertz CT molecular complexity index is 1240. The molecular weight excluding hydrogens is 520 g/mol. The molecule has 3 aromatic rings. The van der Waals surface area contributed by atoms with Crippen LogP contribution in [0, 0.1) is 11.3 Å². The van der Waals surface area contributed by atoms with E-state index in [9.17, 15) is 4.79 Å². The third-order valence-corrected chi connectivity index (χ3v) is 6.49. The summed E-state index contributed by atoms with van der Waals surface area (Å²) in [5.41, 5.74) is 4.87. The number of carbonyl (C=O) groups excluding carboxylic acids is 1. The predicted octanol–water partition coefficient (Wildman–Crippen LogP) is 6.29. The van der Waals surface area contributed by atoms with Crippen molar-refractivity contribution in [3.63, 3.8) is 0 Å². The molecule has 1 aromatic heterocycles. The maximum absolute atomic E-state index is 12.8. The lowest BCUT2D eigenvalue weighted by atomic mass is 9.91. The molecule has 0 aliphatic carbocycles. The van der Waals surface area contributed by atoms with Crippen molar-refractivity contribution in [3.8, 4) is 11.1 Å². The zero-order valence-corrected chi connectivity index (χ0v) is 22.4. The van der Waals surface area contributed by atoms with Crippen LogP contribution in [0.3, 0.4) is 0 Å². The first-order valence-electron chi connectivity index (χ1n) is 12.1. The van der Waals surface area contributed by atoms with Gasteiger partial charge in [-0.25, -0.2) is 9.78 Å². The van der Waals surface area contributed by atoms with Crippen molar-refractivity contribution >= 4 is 44.8 Å². The second kappa shape index (κ2) is 11.7. The first-order valence-corrected chi connectivity index (χ1v) is 12.9. The standard InChI is InChI=1S/C28H31BrN4O3/c1-4-36-28(34)24-17-23(19-8-10-22(11-9-19)33-12-14-35-15-13-33)25(26(30)18(2)3)27(32-24)31-21-7-5-6-20(29)16-21/h5-11,16-18,30H,4,12-15H2,1-3H3,(H,31,32). The van der Waals surface area contributed by atoms with Crippen LogP contribution >= 0.6 is 15.9 Å². The summed E-state index contributed by atoms with van der Waals surface area (Å²) in [4.78, 5) is 19.7. The highest BCUT2D eigenvalue weighted by Crippen LogP contribution is 2.34. The molecule has 0 amide bonds. The van der Waals surface area contributed by atoms with E-state index in [0.29, 0.717) is 17.1 Å². The summed E-state index contributed by atoms with van der Waals surface area (Å²) in [7, 11) is 0. The number of carbonyl (C=O) groups is 1. The monoisotopic (exact) mass is 550 g/mol. The number of rotatable bonds is 8. The summed E-state index contributed by atoms with van der Waals surface area (Å²) < 4.78 is 11.7. The van der Waals surface area contributed by atoms with Crippen molar-refractivity contribution in [2.75, 3.05) is 43.1 Å². The van der Waals surface area contributed by atoms with E-state index < -0.39 is 5.97 Å². The fourth-order valence-electron chi connectivity index (χ4n) is 4.11. The van der Waals surface area contributed by atoms with Gasteiger partial charge >= 0.3 is 5.97 Å². The molecule has 188 valence electrons. The number of nitrogens with zero attached hydrogens (tertiary/aromatic N) is 2. The van der Waals surface area contributed by atoms with Crippen LogP contribution in [0.1, 0.15) is 36.8 Å². The number of anilines is 3. The molecular formula is C28H31BrN4O3. The quantitative estimate of drug-likeness (QED) is 0.253. The van der Waals surface area contributed by atoms with Gasteiger partial charge in [0.15, 0.2) is 5.69 Å². The van der Waals surface area contributed by atoms with Gasteiger partial charge in [-0.05, 0) is 60.4 Å². The highest BCUT2D eigenvalue weighted by Gasteiger charge is 2.23. The number of ether oxygens (including phenoxy) is 2. The Morgan fingerprint density at radius 1 is 1.17 bits per heavy atom. The molecule has 1 saturated heterocycles. The molecule has 0 spiro atoms. The lowest BCUT2D eigenvalue weighted by Crippen LogP contribution is -2.36. The number of morpholine rings is 1. The molecule has 1 aliphatic heterocycles. The van der Waals surface area contributed by atoms with Crippen LogP contribution < -0.4 is 10.2 Å². The smallest absolute Gasteiger partial charge is 0.357 e. The van der Waals surface area contributed by atoms with Gasteiger partial charge in [0.1, 0.15) is 5.82 Å². The van der Waals surface area contributed by atoms with Gasteiger partial charge in [0, 0.05) is 40.2 Å². The predicted molar refractivity (Wildman–Crippen MR) is 148 cm³/mol. The number of esters is 1. The van der Waals surface area contributed by atoms with Crippen LogP contribution in [-0.2, 0) is 9.47 Å². The highest BCUT2D eigenvalue weighted by atomic mass is 79.9. The molecule has 0 saturated carbocycles. The van der Waals surface area contributed by atoms with E-state index in [2.05, 4.69) is 43.3 Å². The SMILES string of the molecule is CCOC(=O)c1cc(-c2ccc(N3CCOCC3)cc2)c(C(=N)C(C)C)c(Nc2cccc(Br)c2)n1. The summed E-state index contributed by atoms with van der Waals surface area (Å²) in [6, 6.07) is 17.7. The zero-order chi connectivity index (χ0) is 25.7. The molecule has 2 aromatic carbocycles. The van der Waals surface area contributed by atoms with Crippen molar-refractivity contribution in [1.29, 1.82) is 5.41 Å². The number of aromatic nitrogens is 1. The fraction of sp³-hybridized carbons (Fsp3) is 0.321. The molecule has 0 bridgehead atoms. The molecule has 36 heavy (non-hydrogen) atoms. The first-order chi connectivity index (χ1) is 17.4. The van der Waals surface area contributed by atoms with E-state index in [-0.39, 0.29) is 18.2 Å². The van der Waals surface area contributed by atoms with Gasteiger partial charge in [-0.1, -0.05) is 48.0 Å². The maximum atomic E-state index is 12.8. The van der Waals surface area contributed by atoms with Gasteiger partial charge in [-0.3, -0.25) is 0 Å². The lowest BCUT2D eigenvalue weighted by Gasteiger charge is -2.29. The third kappa shape index (κ3) is 5.94. The van der Waals surface area contributed by atoms with Crippen molar-refractivity contribution < 1.29 is 14.3 Å². The Balaban J connectivity index is 1.85. The van der Waals surface area contributed by atoms with Crippen LogP contribution in [0.15, 0.2) is 59.1 Å². The van der Waals surface area contributed by atoms with Gasteiger partial charge in [-0.15, -0.1) is 0 Å². The Morgan fingerprint density at radius 2 is 1.89 bits per heavy atom. The average molecular weight is 551 g/mol. The zero-order valence-electron chi connectivity index (χ0n) is 20.8. The number of halogens is 1. The summed E-state index contributed by atoms with van der Waals surface area (Å²) in [6.07, 6.45) is 0. The molecule has 8 heteroatoms. The molecule has 1 aliphatic rings. The summed E-state index contributed by atoms with van der Waals surface area (Å²) in [5.74, 6) is -0.0945. The van der Waals surface area contributed by atoms with Crippen molar-refractivity contribution in [2.24, 2.45) is 5.92 Å². The second-order valence-corrected chi connectivity index (χ2v) is 9.76. The van der Waals surface area contributed by atoms with E-state index in [4.69, 9.17) is 14.9 Å². The molecule has 0 radical (unpaired) electrons. The van der Waals surface area contributed by atoms with E-state index in [1.807, 2.05) is 50.2 Å². The molecule has 1 fully saturated rings. The van der Waals surface area contributed by atoms with Crippen LogP contribution in [0.25, 0.3) is 11.1 Å². The number of hydrogen-bond donors (Lipinski definition) is 2. The average Bonchev–Trinajstić information content (AvgIpc) is 2.88. The third-order valence-electron chi connectivity index (χ3n) is 5.99. The van der Waals surface area contributed by atoms with Crippen molar-refractivity contribution in [2.45, 2.75) is 20.8 Å². The number of benzene rings is 2. The van der Waals surface area contributed by atoms with Crippen LogP contribution in [0.5, 0.6) is 0 Å². The van der Waals surface area contributed by atoms with Crippen LogP contribution in [0.4, 0.5) is 17.2 Å². The number of nitrogens with one attached hydrogen (secondary N) is 2. The molecule has 4 rings (SSSR count). The Hall–Kier alpha value is -3.23. The van der Waals surface area contributed by atoms with Crippen molar-refractivity contribution in [3.05, 3.63) is 70.3 Å². The number of pyridine rings is 1. The first kappa shape index (κ1) is 25.9. The Kier molecular flexibility index (Phi) is 8.38. The van der Waals surface area contributed by atoms with Gasteiger partial charge in [0.2, 0.25) is 0 Å². The molecule has 0 atom stereocenters. The van der Waals surface area contributed by atoms with Crippen LogP contribution in [-0.4, -0.2) is 49.6 Å². The molecule has 7 nitrogen and oxygen atoms in total. The lowest BCUT2D eigenvalue weighted by molar-refractivity contribution is 0.0519. The Morgan fingerprint density at radius 3 is 2.53 bits per heavy atom. The molecule has 2 N–H and O–H groups in total. The van der Waals surface area contributed by atoms with E-state index in [1.165, 1.54) is 0 Å². The van der Waals surface area contributed by atoms with E-state index >= 15 is 0 Å². The Labute approximate surface area is 220 Å². The topological polar surface area (TPSA) is 87.5 Å². The van der Waals surface area contributed by atoms with E-state index in [1.54, 1.807) is 13.0 Å². The summed E-state index contributed by atoms with van der Waals surface area (Å²) in [5, 5.41) is 12.3. The minimum atomic E-state index is -0.497. The van der Waals surface area contributed by atoms with Gasteiger partial charge < -0.3 is 25.1 Å². The van der Waals surface area contributed by atoms with Crippen molar-refractivity contribution in [1.82, 2.24) is 4.98 Å². The summed E-state index contributed by atoms with van der Waals surface area (Å²) >= 11 is 3.51. The molecule has 2 heterocycles. The minimum absolute atomic E-state index is 0.0466. The second-order valence-electron chi connectivity index (χ2n) is 8.85. The highest BCUT2D eigenvalue weighted by molar-refractivity contribution is 9.10. The molecule has 0 unspecified atom stereocenters. The minimum Gasteiger partial charge on any atom is -0.461 e. The normalized spacial score (nSPS) is 13.5.